The highest BCUT2D eigenvalue weighted by Crippen LogP contribution is 2.30. The van der Waals surface area contributed by atoms with Crippen LogP contribution in [-0.2, 0) is 11.2 Å². The smallest absolute Gasteiger partial charge is 0.234 e. The van der Waals surface area contributed by atoms with Crippen LogP contribution in [0.3, 0.4) is 0 Å². The molecule has 3 nitrogen and oxygen atoms in total. The van der Waals surface area contributed by atoms with Crippen LogP contribution in [0.25, 0.3) is 5.76 Å². The zero-order valence-corrected chi connectivity index (χ0v) is 16.3. The van der Waals surface area contributed by atoms with Gasteiger partial charge in [0, 0.05) is 16.7 Å². The van der Waals surface area contributed by atoms with Crippen LogP contribution < -0.4 is 0 Å². The molecular formula is C25H28O3. The van der Waals surface area contributed by atoms with Crippen LogP contribution in [0.15, 0.2) is 60.2 Å². The fourth-order valence-corrected chi connectivity index (χ4v) is 3.81. The van der Waals surface area contributed by atoms with Crippen LogP contribution in [-0.4, -0.2) is 16.7 Å². The summed E-state index contributed by atoms with van der Waals surface area (Å²) in [5, 5.41) is 10.4. The van der Waals surface area contributed by atoms with Gasteiger partial charge in [-0.25, -0.2) is 0 Å². The third kappa shape index (κ3) is 4.98. The molecular weight excluding hydrogens is 348 g/mol. The van der Waals surface area contributed by atoms with Gasteiger partial charge in [0.05, 0.1) is 0 Å². The van der Waals surface area contributed by atoms with Crippen molar-refractivity contribution in [2.75, 3.05) is 0 Å². The molecule has 146 valence electrons. The molecule has 3 rings (SSSR count). The van der Waals surface area contributed by atoms with E-state index >= 15 is 0 Å². The number of ketones is 2. The third-order valence-corrected chi connectivity index (χ3v) is 5.43. The molecule has 0 aliphatic heterocycles. The zero-order chi connectivity index (χ0) is 19.8. The predicted octanol–water partition coefficient (Wildman–Crippen LogP) is 6.08. The number of unbranched alkanes of at least 4 members (excludes halogenated alkanes) is 6. The largest absolute Gasteiger partial charge is 0.507 e. The minimum atomic E-state index is -0.544. The maximum Gasteiger partial charge on any atom is 0.234 e. The first kappa shape index (κ1) is 20.1. The molecule has 0 unspecified atom stereocenters. The van der Waals surface area contributed by atoms with E-state index in [4.69, 9.17) is 0 Å². The lowest BCUT2D eigenvalue weighted by molar-refractivity contribution is -0.112. The topological polar surface area (TPSA) is 54.4 Å². The molecule has 3 heteroatoms. The lowest BCUT2D eigenvalue weighted by Gasteiger charge is -2.17. The van der Waals surface area contributed by atoms with E-state index in [1.165, 1.54) is 31.2 Å². The highest BCUT2D eigenvalue weighted by Gasteiger charge is 2.31. The summed E-state index contributed by atoms with van der Waals surface area (Å²) in [5.74, 6) is -1.06. The molecule has 0 fully saturated rings. The Labute approximate surface area is 167 Å². The maximum absolute atomic E-state index is 12.3. The molecule has 0 aromatic heterocycles. The monoisotopic (exact) mass is 376 g/mol. The summed E-state index contributed by atoms with van der Waals surface area (Å²) in [6.45, 7) is 0. The Morgan fingerprint density at radius 1 is 0.571 bits per heavy atom. The third-order valence-electron chi connectivity index (χ3n) is 5.43. The number of hydrogen-bond donors (Lipinski definition) is 1. The minimum absolute atomic E-state index is 0.0129. The number of aliphatic hydroxyl groups excluding tert-OH is 1. The number of rotatable bonds is 10. The van der Waals surface area contributed by atoms with E-state index in [1.807, 2.05) is 0 Å². The maximum atomic E-state index is 12.3. The molecule has 0 spiro atoms. The number of fused-ring (bicyclic) bond motifs is 1. The summed E-state index contributed by atoms with van der Waals surface area (Å²) in [6, 6.07) is 17.4. The van der Waals surface area contributed by atoms with Crippen LogP contribution in [0.1, 0.15) is 72.9 Å². The van der Waals surface area contributed by atoms with Gasteiger partial charge in [-0.2, -0.15) is 0 Å². The number of benzene rings is 2. The van der Waals surface area contributed by atoms with E-state index in [2.05, 4.69) is 30.3 Å². The molecule has 2 aromatic rings. The van der Waals surface area contributed by atoms with Gasteiger partial charge >= 0.3 is 0 Å². The first-order chi connectivity index (χ1) is 13.7. The number of Topliss-reactive ketones (excluding diaryl/α,β-unsaturated/α-hetero) is 2. The van der Waals surface area contributed by atoms with Crippen molar-refractivity contribution in [3.8, 4) is 0 Å². The average molecular weight is 376 g/mol. The fourth-order valence-electron chi connectivity index (χ4n) is 3.81. The van der Waals surface area contributed by atoms with Crippen LogP contribution >= 0.6 is 0 Å². The minimum Gasteiger partial charge on any atom is -0.507 e. The molecule has 0 atom stereocenters. The Balaban J connectivity index is 1.35. The summed E-state index contributed by atoms with van der Waals surface area (Å²) < 4.78 is 0. The number of aryl methyl sites for hydroxylation is 1. The van der Waals surface area contributed by atoms with Crippen molar-refractivity contribution < 1.29 is 14.7 Å². The lowest BCUT2D eigenvalue weighted by Crippen LogP contribution is -2.24. The van der Waals surface area contributed by atoms with Crippen molar-refractivity contribution in [3.05, 3.63) is 76.9 Å². The van der Waals surface area contributed by atoms with Gasteiger partial charge in [0.1, 0.15) is 5.76 Å². The molecule has 0 bridgehead atoms. The van der Waals surface area contributed by atoms with E-state index in [9.17, 15) is 14.7 Å². The highest BCUT2D eigenvalue weighted by molar-refractivity contribution is 6.52. The fraction of sp³-hybridized carbons (Fsp3) is 0.360. The number of allylic oxidation sites excluding steroid dienone is 1. The molecule has 1 N–H and O–H groups in total. The van der Waals surface area contributed by atoms with Crippen molar-refractivity contribution in [3.63, 3.8) is 0 Å². The van der Waals surface area contributed by atoms with Gasteiger partial charge in [0.15, 0.2) is 0 Å². The number of hydrogen-bond acceptors (Lipinski definition) is 3. The van der Waals surface area contributed by atoms with Gasteiger partial charge < -0.3 is 5.11 Å². The number of aliphatic hydroxyl groups is 1. The van der Waals surface area contributed by atoms with Crippen molar-refractivity contribution >= 4 is 17.3 Å². The van der Waals surface area contributed by atoms with Gasteiger partial charge in [-0.05, 0) is 31.2 Å². The number of carbonyl (C=O) groups is 2. The predicted molar refractivity (Wildman–Crippen MR) is 112 cm³/mol. The van der Waals surface area contributed by atoms with E-state index in [-0.39, 0.29) is 11.3 Å². The van der Waals surface area contributed by atoms with Crippen LogP contribution in [0, 0.1) is 0 Å². The zero-order valence-electron chi connectivity index (χ0n) is 16.3. The molecule has 2 aromatic carbocycles. The van der Waals surface area contributed by atoms with E-state index in [0.717, 1.165) is 25.7 Å². The Bertz CT molecular complexity index is 849. The van der Waals surface area contributed by atoms with Crippen molar-refractivity contribution in [1.29, 1.82) is 0 Å². The van der Waals surface area contributed by atoms with Crippen molar-refractivity contribution in [2.45, 2.75) is 57.8 Å². The lowest BCUT2D eigenvalue weighted by atomic mass is 9.86. The quantitative estimate of drug-likeness (QED) is 0.403. The van der Waals surface area contributed by atoms with Crippen LogP contribution in [0.5, 0.6) is 0 Å². The highest BCUT2D eigenvalue weighted by atomic mass is 16.3. The molecule has 0 heterocycles. The average Bonchev–Trinajstić information content (AvgIpc) is 2.73. The normalized spacial score (nSPS) is 13.7. The molecule has 0 saturated heterocycles. The van der Waals surface area contributed by atoms with Gasteiger partial charge in [-0.15, -0.1) is 0 Å². The molecule has 0 saturated carbocycles. The Morgan fingerprint density at radius 2 is 1.11 bits per heavy atom. The molecule has 1 aliphatic carbocycles. The van der Waals surface area contributed by atoms with E-state index in [1.54, 1.807) is 24.3 Å². The summed E-state index contributed by atoms with van der Waals surface area (Å²) in [5.41, 5.74) is 2.49. The Morgan fingerprint density at radius 3 is 1.79 bits per heavy atom. The summed E-state index contributed by atoms with van der Waals surface area (Å²) in [6.07, 6.45) is 9.46. The van der Waals surface area contributed by atoms with Crippen molar-refractivity contribution in [1.82, 2.24) is 0 Å². The molecule has 1 aliphatic rings. The number of carbonyl (C=O) groups excluding carboxylic acids is 2. The Hall–Kier alpha value is -2.68. The van der Waals surface area contributed by atoms with E-state index < -0.39 is 11.6 Å². The van der Waals surface area contributed by atoms with Crippen molar-refractivity contribution in [2.24, 2.45) is 0 Å². The second kappa shape index (κ2) is 10.0. The molecule has 0 amide bonds. The summed E-state index contributed by atoms with van der Waals surface area (Å²) in [4.78, 5) is 24.5. The van der Waals surface area contributed by atoms with Gasteiger partial charge in [-0.3, -0.25) is 9.59 Å². The SMILES string of the molecule is O=C1C(=O)c2ccccc2C(O)=C1CCCCCCCCCc1ccccc1. The van der Waals surface area contributed by atoms with Crippen LogP contribution in [0.2, 0.25) is 0 Å². The summed E-state index contributed by atoms with van der Waals surface area (Å²) >= 11 is 0. The first-order valence-electron chi connectivity index (χ1n) is 10.3. The molecule has 28 heavy (non-hydrogen) atoms. The molecule has 0 radical (unpaired) electrons. The van der Waals surface area contributed by atoms with Gasteiger partial charge in [0.25, 0.3) is 0 Å². The summed E-state index contributed by atoms with van der Waals surface area (Å²) in [7, 11) is 0. The van der Waals surface area contributed by atoms with Crippen LogP contribution in [0.4, 0.5) is 0 Å². The Kier molecular flexibility index (Phi) is 7.18. The van der Waals surface area contributed by atoms with Gasteiger partial charge in [-0.1, -0.05) is 86.7 Å². The standard InChI is InChI=1S/C25H28O3/c26-23-20-16-11-12-17-21(20)24(27)25(28)22(23)18-10-5-3-1-2-4-7-13-19-14-8-6-9-15-19/h6,8-9,11-12,14-17,26H,1-5,7,10,13,18H2. The second-order valence-electron chi connectivity index (χ2n) is 7.49. The first-order valence-corrected chi connectivity index (χ1v) is 10.3. The van der Waals surface area contributed by atoms with E-state index in [0.29, 0.717) is 17.5 Å². The second-order valence-corrected chi connectivity index (χ2v) is 7.49. The van der Waals surface area contributed by atoms with Gasteiger partial charge in [0.2, 0.25) is 11.6 Å².